The number of fused-ring (bicyclic) bond motifs is 1. The van der Waals surface area contributed by atoms with Crippen LogP contribution < -0.4 is 10.5 Å². The zero-order chi connectivity index (χ0) is 14.9. The first-order valence-electron chi connectivity index (χ1n) is 7.05. The number of nitrogens with two attached hydrogens (primary N) is 1. The third kappa shape index (κ3) is 3.03. The molecule has 0 amide bonds. The Balaban J connectivity index is 1.87. The Kier molecular flexibility index (Phi) is 3.59. The van der Waals surface area contributed by atoms with Crippen LogP contribution in [0.4, 0.5) is 11.4 Å². The van der Waals surface area contributed by atoms with Crippen molar-refractivity contribution in [2.45, 2.75) is 30.6 Å². The maximum absolute atomic E-state index is 12.3. The zero-order valence-electron chi connectivity index (χ0n) is 11.7. The van der Waals surface area contributed by atoms with Gasteiger partial charge in [-0.05, 0) is 73.2 Å². The zero-order valence-corrected chi connectivity index (χ0v) is 12.5. The summed E-state index contributed by atoms with van der Waals surface area (Å²) in [7, 11) is -3.56. The van der Waals surface area contributed by atoms with Crippen LogP contribution in [0.5, 0.6) is 0 Å². The van der Waals surface area contributed by atoms with E-state index in [-0.39, 0.29) is 4.90 Å². The Hall–Kier alpha value is -2.01. The molecule has 0 unspecified atom stereocenters. The second-order valence-corrected chi connectivity index (χ2v) is 7.05. The maximum Gasteiger partial charge on any atom is 0.261 e. The molecule has 0 heterocycles. The number of sulfonamides is 1. The Labute approximate surface area is 125 Å². The second-order valence-electron chi connectivity index (χ2n) is 5.37. The number of benzene rings is 2. The van der Waals surface area contributed by atoms with Crippen LogP contribution in [-0.2, 0) is 22.9 Å². The van der Waals surface area contributed by atoms with Crippen molar-refractivity contribution in [2.75, 3.05) is 10.5 Å². The van der Waals surface area contributed by atoms with Crippen molar-refractivity contribution in [3.63, 3.8) is 0 Å². The molecule has 0 aliphatic heterocycles. The number of hydrogen-bond acceptors (Lipinski definition) is 3. The second kappa shape index (κ2) is 5.41. The average Bonchev–Trinajstić information content (AvgIpc) is 2.47. The molecule has 0 bridgehead atoms. The summed E-state index contributed by atoms with van der Waals surface area (Å²) in [6, 6.07) is 12.0. The summed E-state index contributed by atoms with van der Waals surface area (Å²) in [5.41, 5.74) is 9.32. The van der Waals surface area contributed by atoms with Crippen LogP contribution in [0.15, 0.2) is 47.4 Å². The monoisotopic (exact) mass is 302 g/mol. The molecular weight excluding hydrogens is 284 g/mol. The highest BCUT2D eigenvalue weighted by atomic mass is 32.2. The standard InChI is InChI=1S/C16H18N2O2S/c17-14-6-9-16(10-7-14)21(19,20)18-15-8-5-12-3-1-2-4-13(12)11-15/h5-11,18H,1-4,17H2. The number of aryl methyl sites for hydroxylation is 2. The molecule has 0 radical (unpaired) electrons. The van der Waals surface area contributed by atoms with Gasteiger partial charge in [-0.1, -0.05) is 6.07 Å². The van der Waals surface area contributed by atoms with Crippen molar-refractivity contribution < 1.29 is 8.42 Å². The molecule has 2 aromatic carbocycles. The van der Waals surface area contributed by atoms with Crippen molar-refractivity contribution >= 4 is 21.4 Å². The summed E-state index contributed by atoms with van der Waals surface area (Å²) in [6.07, 6.45) is 4.48. The van der Waals surface area contributed by atoms with E-state index in [0.29, 0.717) is 11.4 Å². The quantitative estimate of drug-likeness (QED) is 0.856. The largest absolute Gasteiger partial charge is 0.399 e. The maximum atomic E-state index is 12.3. The summed E-state index contributed by atoms with van der Waals surface area (Å²) in [6.45, 7) is 0. The van der Waals surface area contributed by atoms with Crippen molar-refractivity contribution in [3.05, 3.63) is 53.6 Å². The van der Waals surface area contributed by atoms with E-state index in [9.17, 15) is 8.42 Å². The smallest absolute Gasteiger partial charge is 0.261 e. The van der Waals surface area contributed by atoms with E-state index in [1.165, 1.54) is 36.1 Å². The molecule has 5 heteroatoms. The molecule has 0 saturated carbocycles. The molecule has 1 aliphatic carbocycles. The number of rotatable bonds is 3. The van der Waals surface area contributed by atoms with Gasteiger partial charge < -0.3 is 5.73 Å². The molecule has 3 rings (SSSR count). The van der Waals surface area contributed by atoms with Gasteiger partial charge in [0.2, 0.25) is 0 Å². The number of nitrogens with one attached hydrogen (secondary N) is 1. The normalized spacial score (nSPS) is 14.5. The minimum Gasteiger partial charge on any atom is -0.399 e. The van der Waals surface area contributed by atoms with Crippen molar-refractivity contribution in [1.29, 1.82) is 0 Å². The highest BCUT2D eigenvalue weighted by molar-refractivity contribution is 7.92. The van der Waals surface area contributed by atoms with E-state index in [0.717, 1.165) is 12.8 Å². The molecule has 110 valence electrons. The minimum absolute atomic E-state index is 0.217. The summed E-state index contributed by atoms with van der Waals surface area (Å²) in [5.74, 6) is 0. The Morgan fingerprint density at radius 1 is 0.905 bits per heavy atom. The van der Waals surface area contributed by atoms with Crippen molar-refractivity contribution in [3.8, 4) is 0 Å². The molecule has 2 aromatic rings. The first-order chi connectivity index (χ1) is 10.0. The topological polar surface area (TPSA) is 72.2 Å². The molecule has 4 nitrogen and oxygen atoms in total. The van der Waals surface area contributed by atoms with Crippen LogP contribution in [0, 0.1) is 0 Å². The number of hydrogen-bond donors (Lipinski definition) is 2. The fraction of sp³-hybridized carbons (Fsp3) is 0.250. The SMILES string of the molecule is Nc1ccc(S(=O)(=O)Nc2ccc3c(c2)CCCC3)cc1. The van der Waals surface area contributed by atoms with Crippen LogP contribution in [0.2, 0.25) is 0 Å². The van der Waals surface area contributed by atoms with Crippen molar-refractivity contribution in [1.82, 2.24) is 0 Å². The first-order valence-corrected chi connectivity index (χ1v) is 8.53. The third-order valence-corrected chi connectivity index (χ3v) is 5.19. The van der Waals surface area contributed by atoms with Gasteiger partial charge in [0, 0.05) is 11.4 Å². The van der Waals surface area contributed by atoms with E-state index in [2.05, 4.69) is 4.72 Å². The Morgan fingerprint density at radius 2 is 1.57 bits per heavy atom. The lowest BCUT2D eigenvalue weighted by Crippen LogP contribution is -2.13. The van der Waals surface area contributed by atoms with Crippen LogP contribution in [0.1, 0.15) is 24.0 Å². The first kappa shape index (κ1) is 13.9. The predicted octanol–water partition coefficient (Wildman–Crippen LogP) is 2.95. The van der Waals surface area contributed by atoms with Crippen LogP contribution in [-0.4, -0.2) is 8.42 Å². The van der Waals surface area contributed by atoms with Gasteiger partial charge in [-0.3, -0.25) is 4.72 Å². The lowest BCUT2D eigenvalue weighted by atomic mass is 9.91. The highest BCUT2D eigenvalue weighted by Crippen LogP contribution is 2.25. The Bertz CT molecular complexity index is 752. The molecule has 0 spiro atoms. The molecule has 3 N–H and O–H groups in total. The van der Waals surface area contributed by atoms with Crippen LogP contribution in [0.25, 0.3) is 0 Å². The molecular formula is C16H18N2O2S. The fourth-order valence-electron chi connectivity index (χ4n) is 2.66. The minimum atomic E-state index is -3.56. The van der Waals surface area contributed by atoms with E-state index >= 15 is 0 Å². The van der Waals surface area contributed by atoms with E-state index in [1.54, 1.807) is 12.1 Å². The molecule has 1 aliphatic rings. The molecule has 0 fully saturated rings. The average molecular weight is 302 g/mol. The van der Waals surface area contributed by atoms with Gasteiger partial charge in [-0.2, -0.15) is 0 Å². The van der Waals surface area contributed by atoms with Crippen LogP contribution >= 0.6 is 0 Å². The van der Waals surface area contributed by atoms with Crippen LogP contribution in [0.3, 0.4) is 0 Å². The molecule has 0 saturated heterocycles. The highest BCUT2D eigenvalue weighted by Gasteiger charge is 2.15. The van der Waals surface area contributed by atoms with E-state index in [1.807, 2.05) is 18.2 Å². The lowest BCUT2D eigenvalue weighted by Gasteiger charge is -2.17. The third-order valence-electron chi connectivity index (χ3n) is 3.79. The lowest BCUT2D eigenvalue weighted by molar-refractivity contribution is 0.601. The number of nitrogen functional groups attached to an aromatic ring is 1. The summed E-state index contributed by atoms with van der Waals surface area (Å²) >= 11 is 0. The van der Waals surface area contributed by atoms with Gasteiger partial charge in [0.05, 0.1) is 4.90 Å². The van der Waals surface area contributed by atoms with Gasteiger partial charge >= 0.3 is 0 Å². The molecule has 21 heavy (non-hydrogen) atoms. The van der Waals surface area contributed by atoms with Gasteiger partial charge in [0.15, 0.2) is 0 Å². The Morgan fingerprint density at radius 3 is 2.29 bits per heavy atom. The van der Waals surface area contributed by atoms with Gasteiger partial charge in [0.1, 0.15) is 0 Å². The van der Waals surface area contributed by atoms with E-state index < -0.39 is 10.0 Å². The summed E-state index contributed by atoms with van der Waals surface area (Å²) < 4.78 is 27.3. The molecule has 0 aromatic heterocycles. The number of anilines is 2. The summed E-state index contributed by atoms with van der Waals surface area (Å²) in [4.78, 5) is 0.217. The van der Waals surface area contributed by atoms with E-state index in [4.69, 9.17) is 5.73 Å². The predicted molar refractivity (Wildman–Crippen MR) is 84.7 cm³/mol. The molecule has 0 atom stereocenters. The summed E-state index contributed by atoms with van der Waals surface area (Å²) in [5, 5.41) is 0. The fourth-order valence-corrected chi connectivity index (χ4v) is 3.71. The van der Waals surface area contributed by atoms with Crippen molar-refractivity contribution in [2.24, 2.45) is 0 Å². The van der Waals surface area contributed by atoms with Gasteiger partial charge in [-0.15, -0.1) is 0 Å². The van der Waals surface area contributed by atoms with Gasteiger partial charge in [-0.25, -0.2) is 8.42 Å². The van der Waals surface area contributed by atoms with Gasteiger partial charge in [0.25, 0.3) is 10.0 Å².